The van der Waals surface area contributed by atoms with E-state index in [2.05, 4.69) is 103 Å². The summed E-state index contributed by atoms with van der Waals surface area (Å²) in [5.41, 5.74) is 9.44. The Morgan fingerprint density at radius 2 is 0.862 bits per heavy atom. The maximum atomic E-state index is 3.84. The fourth-order valence-electron chi connectivity index (χ4n) is 3.88. The molecule has 0 atom stereocenters. The summed E-state index contributed by atoms with van der Waals surface area (Å²) in [5.74, 6) is 0. The molecule has 1 aromatic heterocycles. The highest BCUT2D eigenvalue weighted by Crippen LogP contribution is 2.33. The quantitative estimate of drug-likeness (QED) is 0.330. The van der Waals surface area contributed by atoms with Crippen LogP contribution in [0.25, 0.3) is 56.2 Å². The van der Waals surface area contributed by atoms with Gasteiger partial charge in [-0.25, -0.2) is 0 Å². The highest BCUT2D eigenvalue weighted by Gasteiger charge is 2.08. The summed E-state index contributed by atoms with van der Waals surface area (Å²) in [6.07, 6.45) is 3.74. The summed E-state index contributed by atoms with van der Waals surface area (Å²) in [6, 6.07) is 30.3. The van der Waals surface area contributed by atoms with Crippen molar-refractivity contribution in [1.29, 1.82) is 0 Å². The van der Waals surface area contributed by atoms with Crippen LogP contribution >= 0.6 is 0 Å². The number of nitrogens with one attached hydrogen (secondary N) is 1. The molecule has 138 valence electrons. The van der Waals surface area contributed by atoms with Gasteiger partial charge in [-0.2, -0.15) is 0 Å². The summed E-state index contributed by atoms with van der Waals surface area (Å²) >= 11 is 0. The van der Waals surface area contributed by atoms with Crippen LogP contribution in [0.3, 0.4) is 0 Å². The minimum Gasteiger partial charge on any atom is -0.355 e. The molecule has 1 heterocycles. The predicted octanol–water partition coefficient (Wildman–Crippen LogP) is 7.94. The molecule has 0 spiro atoms. The van der Waals surface area contributed by atoms with Gasteiger partial charge in [0.05, 0.1) is 0 Å². The van der Waals surface area contributed by atoms with E-state index in [1.54, 1.807) is 0 Å². The van der Waals surface area contributed by atoms with Gasteiger partial charge in [0.25, 0.3) is 0 Å². The third-order valence-corrected chi connectivity index (χ3v) is 5.56. The van der Waals surface area contributed by atoms with E-state index >= 15 is 0 Å². The molecule has 0 saturated heterocycles. The van der Waals surface area contributed by atoms with Gasteiger partial charge < -0.3 is 4.98 Å². The Balaban J connectivity index is 1.64. The van der Waals surface area contributed by atoms with E-state index in [-0.39, 0.29) is 0 Å². The SMILES string of the molecule is C=Cc1ccc(-c2ccc3[nH]c4ccc(-c5ccc(C=C)cc5)cc4c3c2)cc1. The Bertz CT molecular complexity index is 1240. The van der Waals surface area contributed by atoms with Crippen molar-refractivity contribution >= 4 is 34.0 Å². The molecule has 0 saturated carbocycles. The Hall–Kier alpha value is -3.84. The van der Waals surface area contributed by atoms with Crippen molar-refractivity contribution in [3.05, 3.63) is 109 Å². The van der Waals surface area contributed by atoms with Crippen LogP contribution < -0.4 is 0 Å². The summed E-state index contributed by atoms with van der Waals surface area (Å²) in [6.45, 7) is 7.67. The molecule has 0 unspecified atom stereocenters. The van der Waals surface area contributed by atoms with Crippen molar-refractivity contribution in [2.75, 3.05) is 0 Å². The van der Waals surface area contributed by atoms with Gasteiger partial charge in [0.2, 0.25) is 0 Å². The molecule has 1 nitrogen and oxygen atoms in total. The summed E-state index contributed by atoms with van der Waals surface area (Å²) < 4.78 is 0. The molecule has 0 aliphatic rings. The van der Waals surface area contributed by atoms with Crippen molar-refractivity contribution in [3.63, 3.8) is 0 Å². The second-order valence-corrected chi connectivity index (χ2v) is 7.30. The van der Waals surface area contributed by atoms with Crippen LogP contribution in [-0.4, -0.2) is 4.98 Å². The first-order valence-electron chi connectivity index (χ1n) is 9.76. The van der Waals surface area contributed by atoms with Crippen molar-refractivity contribution in [3.8, 4) is 22.3 Å². The molecule has 0 radical (unpaired) electrons. The van der Waals surface area contributed by atoms with Gasteiger partial charge in [-0.15, -0.1) is 0 Å². The number of aromatic amines is 1. The van der Waals surface area contributed by atoms with Crippen LogP contribution in [0.4, 0.5) is 0 Å². The molecule has 5 rings (SSSR count). The van der Waals surface area contributed by atoms with E-state index in [0.29, 0.717) is 0 Å². The van der Waals surface area contributed by atoms with Gasteiger partial charge in [-0.3, -0.25) is 0 Å². The summed E-state index contributed by atoms with van der Waals surface area (Å²) in [5, 5.41) is 2.49. The minimum atomic E-state index is 1.13. The summed E-state index contributed by atoms with van der Waals surface area (Å²) in [4.78, 5) is 3.55. The molecule has 0 amide bonds. The van der Waals surface area contributed by atoms with Crippen molar-refractivity contribution in [1.82, 2.24) is 4.98 Å². The van der Waals surface area contributed by atoms with Gasteiger partial charge >= 0.3 is 0 Å². The molecule has 4 aromatic carbocycles. The van der Waals surface area contributed by atoms with Crippen LogP contribution in [0.5, 0.6) is 0 Å². The second kappa shape index (κ2) is 6.96. The molecule has 5 aromatic rings. The zero-order chi connectivity index (χ0) is 19.8. The van der Waals surface area contributed by atoms with Crippen LogP contribution in [0, 0.1) is 0 Å². The van der Waals surface area contributed by atoms with Crippen molar-refractivity contribution < 1.29 is 0 Å². The van der Waals surface area contributed by atoms with E-state index in [1.165, 1.54) is 33.0 Å². The smallest absolute Gasteiger partial charge is 0.0465 e. The first-order valence-corrected chi connectivity index (χ1v) is 9.76. The molecular formula is C28H21N. The Morgan fingerprint density at radius 1 is 0.483 bits per heavy atom. The Kier molecular flexibility index (Phi) is 4.14. The fraction of sp³-hybridized carbons (Fsp3) is 0. The topological polar surface area (TPSA) is 15.8 Å². The van der Waals surface area contributed by atoms with Crippen molar-refractivity contribution in [2.24, 2.45) is 0 Å². The zero-order valence-corrected chi connectivity index (χ0v) is 16.2. The van der Waals surface area contributed by atoms with Crippen LogP contribution in [0.2, 0.25) is 0 Å². The van der Waals surface area contributed by atoms with E-state index in [4.69, 9.17) is 0 Å². The lowest BCUT2D eigenvalue weighted by Gasteiger charge is -2.05. The number of rotatable bonds is 4. The Labute approximate surface area is 170 Å². The van der Waals surface area contributed by atoms with E-state index < -0.39 is 0 Å². The molecule has 1 N–H and O–H groups in total. The van der Waals surface area contributed by atoms with E-state index in [9.17, 15) is 0 Å². The standard InChI is InChI=1S/C28H21N/c1-3-19-5-9-21(10-6-19)23-13-15-27-25(17-23)26-18-24(14-16-28(26)29-27)22-11-7-20(4-2)8-12-22/h3-18,29H,1-2H2. The lowest BCUT2D eigenvalue weighted by molar-refractivity contribution is 1.54. The predicted molar refractivity (Wildman–Crippen MR) is 127 cm³/mol. The number of H-pyrrole nitrogens is 1. The third-order valence-electron chi connectivity index (χ3n) is 5.56. The number of aromatic nitrogens is 1. The normalized spacial score (nSPS) is 11.0. The van der Waals surface area contributed by atoms with Gasteiger partial charge in [0.15, 0.2) is 0 Å². The average Bonchev–Trinajstić information content (AvgIpc) is 3.16. The molecule has 1 heteroatoms. The maximum absolute atomic E-state index is 3.84. The van der Waals surface area contributed by atoms with Gasteiger partial charge in [0, 0.05) is 21.8 Å². The van der Waals surface area contributed by atoms with Gasteiger partial charge in [-0.1, -0.05) is 86.0 Å². The minimum absolute atomic E-state index is 1.13. The summed E-state index contributed by atoms with van der Waals surface area (Å²) in [7, 11) is 0. The third kappa shape index (κ3) is 3.07. The second-order valence-electron chi connectivity index (χ2n) is 7.30. The van der Waals surface area contributed by atoms with Gasteiger partial charge in [0.1, 0.15) is 0 Å². The number of hydrogen-bond donors (Lipinski definition) is 1. The van der Waals surface area contributed by atoms with Crippen molar-refractivity contribution in [2.45, 2.75) is 0 Å². The molecular weight excluding hydrogens is 350 g/mol. The molecule has 0 aliphatic heterocycles. The number of benzene rings is 4. The van der Waals surface area contributed by atoms with Crippen LogP contribution in [0.15, 0.2) is 98.1 Å². The van der Waals surface area contributed by atoms with Crippen LogP contribution in [0.1, 0.15) is 11.1 Å². The van der Waals surface area contributed by atoms with Gasteiger partial charge in [-0.05, 0) is 57.6 Å². The highest BCUT2D eigenvalue weighted by atomic mass is 14.7. The molecule has 29 heavy (non-hydrogen) atoms. The molecule has 0 fully saturated rings. The Morgan fingerprint density at radius 3 is 1.24 bits per heavy atom. The van der Waals surface area contributed by atoms with Crippen LogP contribution in [-0.2, 0) is 0 Å². The molecule has 0 bridgehead atoms. The first-order chi connectivity index (χ1) is 14.2. The lowest BCUT2D eigenvalue weighted by Crippen LogP contribution is -1.80. The monoisotopic (exact) mass is 371 g/mol. The zero-order valence-electron chi connectivity index (χ0n) is 16.2. The average molecular weight is 371 g/mol. The maximum Gasteiger partial charge on any atom is 0.0465 e. The lowest BCUT2D eigenvalue weighted by atomic mass is 9.99. The highest BCUT2D eigenvalue weighted by molar-refractivity contribution is 6.09. The number of fused-ring (bicyclic) bond motifs is 3. The molecule has 0 aliphatic carbocycles. The van der Waals surface area contributed by atoms with E-state index in [1.807, 2.05) is 12.2 Å². The first kappa shape index (κ1) is 17.3. The fourth-order valence-corrected chi connectivity index (χ4v) is 3.88. The van der Waals surface area contributed by atoms with E-state index in [0.717, 1.165) is 22.2 Å². The largest absolute Gasteiger partial charge is 0.355 e. The number of hydrogen-bond acceptors (Lipinski definition) is 0.